The van der Waals surface area contributed by atoms with Gasteiger partial charge in [0.25, 0.3) is 0 Å². The Morgan fingerprint density at radius 2 is 1.96 bits per heavy atom. The molecule has 3 saturated carbocycles. The van der Waals surface area contributed by atoms with E-state index in [0.717, 1.165) is 24.8 Å². The molecule has 4 aliphatic rings. The second-order valence-corrected chi connectivity index (χ2v) is 9.37. The van der Waals surface area contributed by atoms with E-state index in [1.165, 1.54) is 0 Å². The molecule has 136 valence electrons. The van der Waals surface area contributed by atoms with Crippen LogP contribution in [-0.2, 0) is 14.4 Å². The number of fused-ring (bicyclic) bond motifs is 5. The first-order chi connectivity index (χ1) is 11.7. The van der Waals surface area contributed by atoms with Crippen molar-refractivity contribution in [2.45, 2.75) is 65.4 Å². The highest BCUT2D eigenvalue weighted by atomic mass is 16.3. The zero-order valence-electron chi connectivity index (χ0n) is 15.4. The van der Waals surface area contributed by atoms with Gasteiger partial charge in [0.05, 0.1) is 6.10 Å². The quantitative estimate of drug-likeness (QED) is 0.794. The van der Waals surface area contributed by atoms with Crippen LogP contribution in [0.5, 0.6) is 0 Å². The Hall–Kier alpha value is -1.29. The maximum Gasteiger partial charge on any atom is 0.155 e. The van der Waals surface area contributed by atoms with Gasteiger partial charge in [-0.2, -0.15) is 0 Å². The zero-order chi connectivity index (χ0) is 18.1. The van der Waals surface area contributed by atoms with E-state index >= 15 is 0 Å². The standard InChI is InChI=1S/C21H28O4/c1-11(22)15-9-16(24)18-14-5-4-12-8-13(23)6-7-20(12,2)19(14)17(25)10-21(15,18)3/h8,14-16,18-19,24H,4-7,9-10H2,1-3H3/t14-,15-,16-,18-,19+,20-,21+/m0/s1. The third-order valence-electron chi connectivity index (χ3n) is 8.12. The third kappa shape index (κ3) is 2.19. The van der Waals surface area contributed by atoms with Crippen LogP contribution in [0.4, 0.5) is 0 Å². The van der Waals surface area contributed by atoms with Crippen molar-refractivity contribution >= 4 is 17.3 Å². The number of Topliss-reactive ketones (excluding diaryl/α,β-unsaturated/α-hetero) is 2. The summed E-state index contributed by atoms with van der Waals surface area (Å²) in [5.74, 6) is 0.333. The lowest BCUT2D eigenvalue weighted by Crippen LogP contribution is -2.56. The molecule has 0 heterocycles. The van der Waals surface area contributed by atoms with Crippen LogP contribution in [-0.4, -0.2) is 28.6 Å². The molecule has 0 radical (unpaired) electrons. The van der Waals surface area contributed by atoms with Crippen molar-refractivity contribution in [3.05, 3.63) is 11.6 Å². The molecule has 4 rings (SSSR count). The van der Waals surface area contributed by atoms with Gasteiger partial charge in [-0.3, -0.25) is 14.4 Å². The Morgan fingerprint density at radius 3 is 2.64 bits per heavy atom. The molecule has 4 aliphatic carbocycles. The average Bonchev–Trinajstić information content (AvgIpc) is 2.78. The van der Waals surface area contributed by atoms with E-state index in [4.69, 9.17) is 0 Å². The molecule has 0 saturated heterocycles. The first-order valence-electron chi connectivity index (χ1n) is 9.63. The van der Waals surface area contributed by atoms with Gasteiger partial charge in [0.1, 0.15) is 11.6 Å². The Bertz CT molecular complexity index is 692. The topological polar surface area (TPSA) is 71.4 Å². The van der Waals surface area contributed by atoms with E-state index in [-0.39, 0.29) is 46.4 Å². The number of allylic oxidation sites excluding steroid dienone is 1. The summed E-state index contributed by atoms with van der Waals surface area (Å²) < 4.78 is 0. The summed E-state index contributed by atoms with van der Waals surface area (Å²) in [7, 11) is 0. The Morgan fingerprint density at radius 1 is 1.24 bits per heavy atom. The van der Waals surface area contributed by atoms with Gasteiger partial charge in [-0.05, 0) is 61.3 Å². The second-order valence-electron chi connectivity index (χ2n) is 9.37. The zero-order valence-corrected chi connectivity index (χ0v) is 15.4. The van der Waals surface area contributed by atoms with Crippen LogP contribution in [0.1, 0.15) is 59.3 Å². The Balaban J connectivity index is 1.77. The van der Waals surface area contributed by atoms with Crippen molar-refractivity contribution in [2.75, 3.05) is 0 Å². The molecule has 0 amide bonds. The minimum Gasteiger partial charge on any atom is -0.393 e. The summed E-state index contributed by atoms with van der Waals surface area (Å²) in [5.41, 5.74) is 0.479. The van der Waals surface area contributed by atoms with E-state index in [0.29, 0.717) is 19.3 Å². The monoisotopic (exact) mass is 344 g/mol. The molecule has 4 heteroatoms. The lowest BCUT2D eigenvalue weighted by atomic mass is 9.46. The van der Waals surface area contributed by atoms with Gasteiger partial charge in [-0.1, -0.05) is 19.4 Å². The fraction of sp³-hybridized carbons (Fsp3) is 0.762. The molecule has 0 aromatic carbocycles. The van der Waals surface area contributed by atoms with Crippen molar-refractivity contribution in [1.29, 1.82) is 0 Å². The second kappa shape index (κ2) is 5.35. The largest absolute Gasteiger partial charge is 0.393 e. The van der Waals surface area contributed by atoms with E-state index in [1.807, 2.05) is 6.92 Å². The van der Waals surface area contributed by atoms with Crippen molar-refractivity contribution in [2.24, 2.45) is 34.5 Å². The molecule has 3 fully saturated rings. The van der Waals surface area contributed by atoms with E-state index < -0.39 is 11.5 Å². The predicted octanol–water partition coefficient (Wildman–Crippen LogP) is 2.87. The average molecular weight is 344 g/mol. The minimum atomic E-state index is -0.501. The van der Waals surface area contributed by atoms with Gasteiger partial charge >= 0.3 is 0 Å². The first-order valence-corrected chi connectivity index (χ1v) is 9.63. The van der Waals surface area contributed by atoms with Crippen LogP contribution < -0.4 is 0 Å². The van der Waals surface area contributed by atoms with Crippen LogP contribution in [0.15, 0.2) is 11.6 Å². The minimum absolute atomic E-state index is 0.0140. The van der Waals surface area contributed by atoms with Gasteiger partial charge in [0, 0.05) is 24.7 Å². The van der Waals surface area contributed by atoms with E-state index in [2.05, 4.69) is 6.92 Å². The van der Waals surface area contributed by atoms with Crippen LogP contribution in [0, 0.1) is 34.5 Å². The van der Waals surface area contributed by atoms with E-state index in [9.17, 15) is 19.5 Å². The molecule has 1 N–H and O–H groups in total. The number of aliphatic hydroxyl groups is 1. The van der Waals surface area contributed by atoms with Crippen molar-refractivity contribution in [1.82, 2.24) is 0 Å². The van der Waals surface area contributed by atoms with Crippen molar-refractivity contribution < 1.29 is 19.5 Å². The van der Waals surface area contributed by atoms with E-state index in [1.54, 1.807) is 13.0 Å². The van der Waals surface area contributed by atoms with Crippen molar-refractivity contribution in [3.63, 3.8) is 0 Å². The molecule has 0 unspecified atom stereocenters. The van der Waals surface area contributed by atoms with Gasteiger partial charge in [-0.15, -0.1) is 0 Å². The maximum atomic E-state index is 13.3. The molecule has 0 aliphatic heterocycles. The summed E-state index contributed by atoms with van der Waals surface area (Å²) in [5, 5.41) is 10.8. The highest BCUT2D eigenvalue weighted by molar-refractivity contribution is 5.93. The number of carbonyl (C=O) groups excluding carboxylic acids is 3. The molecule has 7 atom stereocenters. The maximum absolute atomic E-state index is 13.3. The van der Waals surface area contributed by atoms with Gasteiger partial charge in [-0.25, -0.2) is 0 Å². The van der Waals surface area contributed by atoms with Crippen LogP contribution in [0.25, 0.3) is 0 Å². The highest BCUT2D eigenvalue weighted by Gasteiger charge is 2.65. The third-order valence-corrected chi connectivity index (χ3v) is 8.12. The summed E-state index contributed by atoms with van der Waals surface area (Å²) in [4.78, 5) is 37.3. The number of aliphatic hydroxyl groups excluding tert-OH is 1. The smallest absolute Gasteiger partial charge is 0.155 e. The molecule has 25 heavy (non-hydrogen) atoms. The van der Waals surface area contributed by atoms with Gasteiger partial charge < -0.3 is 5.11 Å². The normalized spacial score (nSPS) is 49.1. The molecular weight excluding hydrogens is 316 g/mol. The van der Waals surface area contributed by atoms with Crippen LogP contribution in [0.2, 0.25) is 0 Å². The Kier molecular flexibility index (Phi) is 3.67. The van der Waals surface area contributed by atoms with Gasteiger partial charge in [0.2, 0.25) is 0 Å². The molecule has 0 aromatic rings. The number of carbonyl (C=O) groups is 3. The molecule has 4 nitrogen and oxygen atoms in total. The molecule has 0 aromatic heterocycles. The lowest BCUT2D eigenvalue weighted by molar-refractivity contribution is -0.151. The van der Waals surface area contributed by atoms with Gasteiger partial charge in [0.15, 0.2) is 5.78 Å². The van der Waals surface area contributed by atoms with Crippen LogP contribution in [0.3, 0.4) is 0 Å². The first kappa shape index (κ1) is 17.1. The number of ketones is 3. The number of rotatable bonds is 1. The fourth-order valence-corrected chi connectivity index (χ4v) is 7.09. The summed E-state index contributed by atoms with van der Waals surface area (Å²) in [6.45, 7) is 5.79. The lowest BCUT2D eigenvalue weighted by Gasteiger charge is -2.57. The SMILES string of the molecule is CC(=O)[C@@H]1C[C@H](O)[C@@H]2[C@@H]3CCC4=CC(=O)CC[C@]4(C)[C@H]3C(=O)C[C@@]21C. The fourth-order valence-electron chi connectivity index (χ4n) is 7.09. The van der Waals surface area contributed by atoms with Crippen LogP contribution >= 0.6 is 0 Å². The molecular formula is C21H28O4. The summed E-state index contributed by atoms with van der Waals surface area (Å²) >= 11 is 0. The molecule has 0 bridgehead atoms. The number of hydrogen-bond acceptors (Lipinski definition) is 4. The highest BCUT2D eigenvalue weighted by Crippen LogP contribution is 2.65. The summed E-state index contributed by atoms with van der Waals surface area (Å²) in [6, 6.07) is 0. The Labute approximate surface area is 149 Å². The van der Waals surface area contributed by atoms with Crippen molar-refractivity contribution in [3.8, 4) is 0 Å². The predicted molar refractivity (Wildman–Crippen MR) is 92.7 cm³/mol. The molecule has 0 spiro atoms. The number of hydrogen-bond donors (Lipinski definition) is 1. The summed E-state index contributed by atoms with van der Waals surface area (Å²) in [6.07, 6.45) is 5.08.